The molecule has 0 aromatic heterocycles. The molecular formula is C12H18BrN. The molecule has 1 N–H and O–H groups in total. The summed E-state index contributed by atoms with van der Waals surface area (Å²) in [4.78, 5) is 0. The molecule has 1 nitrogen and oxygen atoms in total. The van der Waals surface area contributed by atoms with Crippen LogP contribution in [0.5, 0.6) is 0 Å². The fraction of sp³-hybridized carbons (Fsp3) is 0.500. The van der Waals surface area contributed by atoms with Crippen molar-refractivity contribution < 1.29 is 0 Å². The van der Waals surface area contributed by atoms with Crippen LogP contribution in [0.15, 0.2) is 22.7 Å². The zero-order chi connectivity index (χ0) is 10.4. The summed E-state index contributed by atoms with van der Waals surface area (Å²) < 4.78 is 1.30. The van der Waals surface area contributed by atoms with E-state index in [1.807, 2.05) is 14.1 Å². The SMILES string of the molecule is Brc1cccc2c1CCCC2.CNC. The number of aryl methyl sites for hydroxylation is 1. The predicted octanol–water partition coefficient (Wildman–Crippen LogP) is 3.16. The average Bonchev–Trinajstić information content (AvgIpc) is 2.20. The lowest BCUT2D eigenvalue weighted by molar-refractivity contribution is 0.683. The van der Waals surface area contributed by atoms with Gasteiger partial charge in [-0.3, -0.25) is 0 Å². The van der Waals surface area contributed by atoms with Crippen molar-refractivity contribution in [3.8, 4) is 0 Å². The molecule has 0 spiro atoms. The molecule has 78 valence electrons. The van der Waals surface area contributed by atoms with E-state index in [2.05, 4.69) is 39.4 Å². The molecule has 0 saturated carbocycles. The van der Waals surface area contributed by atoms with E-state index < -0.39 is 0 Å². The molecule has 14 heavy (non-hydrogen) atoms. The molecule has 0 bridgehead atoms. The Morgan fingerprint density at radius 1 is 1.14 bits per heavy atom. The van der Waals surface area contributed by atoms with Crippen molar-refractivity contribution in [3.63, 3.8) is 0 Å². The minimum Gasteiger partial charge on any atom is -0.323 e. The van der Waals surface area contributed by atoms with Gasteiger partial charge in [0.05, 0.1) is 0 Å². The van der Waals surface area contributed by atoms with Gasteiger partial charge in [0, 0.05) is 4.47 Å². The zero-order valence-electron chi connectivity index (χ0n) is 8.94. The first kappa shape index (κ1) is 11.7. The molecule has 1 aromatic carbocycles. The molecule has 0 fully saturated rings. The van der Waals surface area contributed by atoms with Gasteiger partial charge in [-0.15, -0.1) is 0 Å². The van der Waals surface area contributed by atoms with Crippen molar-refractivity contribution in [1.82, 2.24) is 5.32 Å². The standard InChI is InChI=1S/C10H11Br.C2H7N/c11-10-7-3-5-8-4-1-2-6-9(8)10;1-3-2/h3,5,7H,1-2,4,6H2;3H,1-2H3. The predicted molar refractivity (Wildman–Crippen MR) is 65.8 cm³/mol. The third-order valence-corrected chi connectivity index (χ3v) is 3.08. The first-order chi connectivity index (χ1) is 6.79. The Labute approximate surface area is 95.0 Å². The molecule has 0 radical (unpaired) electrons. The fourth-order valence-electron chi connectivity index (χ4n) is 1.73. The first-order valence-corrected chi connectivity index (χ1v) is 5.93. The number of halogens is 1. The monoisotopic (exact) mass is 255 g/mol. The lowest BCUT2D eigenvalue weighted by Gasteiger charge is -2.16. The largest absolute Gasteiger partial charge is 0.323 e. The number of rotatable bonds is 0. The van der Waals surface area contributed by atoms with E-state index >= 15 is 0 Å². The number of fused-ring (bicyclic) bond motifs is 1. The van der Waals surface area contributed by atoms with Gasteiger partial charge in [0.2, 0.25) is 0 Å². The number of hydrogen-bond donors (Lipinski definition) is 1. The van der Waals surface area contributed by atoms with Crippen molar-refractivity contribution in [1.29, 1.82) is 0 Å². The van der Waals surface area contributed by atoms with E-state index in [9.17, 15) is 0 Å². The maximum atomic E-state index is 3.58. The van der Waals surface area contributed by atoms with Crippen LogP contribution in [0.2, 0.25) is 0 Å². The van der Waals surface area contributed by atoms with Gasteiger partial charge < -0.3 is 5.32 Å². The van der Waals surface area contributed by atoms with E-state index in [0.29, 0.717) is 0 Å². The van der Waals surface area contributed by atoms with Crippen LogP contribution in [-0.4, -0.2) is 14.1 Å². The second kappa shape index (κ2) is 6.20. The maximum absolute atomic E-state index is 3.58. The smallest absolute Gasteiger partial charge is 0.0210 e. The Hall–Kier alpha value is -0.340. The van der Waals surface area contributed by atoms with Crippen molar-refractivity contribution in [3.05, 3.63) is 33.8 Å². The summed E-state index contributed by atoms with van der Waals surface area (Å²) in [5.74, 6) is 0. The molecule has 0 heterocycles. The lowest BCUT2D eigenvalue weighted by Crippen LogP contribution is -2.02. The lowest BCUT2D eigenvalue weighted by atomic mass is 9.92. The van der Waals surface area contributed by atoms with Crippen molar-refractivity contribution in [2.24, 2.45) is 0 Å². The highest BCUT2D eigenvalue weighted by Crippen LogP contribution is 2.27. The van der Waals surface area contributed by atoms with Crippen molar-refractivity contribution >= 4 is 15.9 Å². The molecule has 1 aromatic rings. The molecule has 2 rings (SSSR count). The fourth-order valence-corrected chi connectivity index (χ4v) is 2.34. The summed E-state index contributed by atoms with van der Waals surface area (Å²) in [6.07, 6.45) is 5.25. The highest BCUT2D eigenvalue weighted by molar-refractivity contribution is 9.10. The summed E-state index contributed by atoms with van der Waals surface area (Å²) in [5, 5.41) is 2.75. The van der Waals surface area contributed by atoms with E-state index in [1.54, 1.807) is 11.1 Å². The van der Waals surface area contributed by atoms with Gasteiger partial charge in [0.15, 0.2) is 0 Å². The Kier molecular flexibility index (Phi) is 5.20. The second-order valence-corrected chi connectivity index (χ2v) is 4.44. The highest BCUT2D eigenvalue weighted by Gasteiger charge is 2.10. The minimum absolute atomic E-state index is 1.26. The molecule has 0 amide bonds. The summed E-state index contributed by atoms with van der Waals surface area (Å²) in [5.41, 5.74) is 3.09. The molecule has 1 aliphatic carbocycles. The Bertz CT molecular complexity index is 284. The van der Waals surface area contributed by atoms with Crippen LogP contribution in [0, 0.1) is 0 Å². The third-order valence-electron chi connectivity index (χ3n) is 2.34. The van der Waals surface area contributed by atoms with E-state index in [0.717, 1.165) is 0 Å². The van der Waals surface area contributed by atoms with Gasteiger partial charge >= 0.3 is 0 Å². The summed E-state index contributed by atoms with van der Waals surface area (Å²) in [6.45, 7) is 0. The Balaban J connectivity index is 0.000000293. The molecule has 0 atom stereocenters. The first-order valence-electron chi connectivity index (χ1n) is 5.14. The van der Waals surface area contributed by atoms with Crippen LogP contribution in [-0.2, 0) is 12.8 Å². The Morgan fingerprint density at radius 2 is 1.79 bits per heavy atom. The van der Waals surface area contributed by atoms with Crippen LogP contribution < -0.4 is 5.32 Å². The molecule has 1 aliphatic rings. The van der Waals surface area contributed by atoms with Gasteiger partial charge in [0.1, 0.15) is 0 Å². The zero-order valence-corrected chi connectivity index (χ0v) is 10.5. The van der Waals surface area contributed by atoms with Gasteiger partial charge in [-0.2, -0.15) is 0 Å². The van der Waals surface area contributed by atoms with Gasteiger partial charge in [-0.25, -0.2) is 0 Å². The number of nitrogens with one attached hydrogen (secondary N) is 1. The molecule has 0 saturated heterocycles. The number of hydrogen-bond acceptors (Lipinski definition) is 1. The molecule has 0 aliphatic heterocycles. The van der Waals surface area contributed by atoms with E-state index in [1.165, 1.54) is 30.2 Å². The maximum Gasteiger partial charge on any atom is 0.0210 e. The molecule has 0 unspecified atom stereocenters. The van der Waals surface area contributed by atoms with Crippen LogP contribution in [0.1, 0.15) is 24.0 Å². The third kappa shape index (κ3) is 3.10. The minimum atomic E-state index is 1.26. The normalized spacial score (nSPS) is 13.9. The van der Waals surface area contributed by atoms with Crippen molar-refractivity contribution in [2.75, 3.05) is 14.1 Å². The Morgan fingerprint density at radius 3 is 2.43 bits per heavy atom. The van der Waals surface area contributed by atoms with Crippen molar-refractivity contribution in [2.45, 2.75) is 25.7 Å². The van der Waals surface area contributed by atoms with Crippen LogP contribution in [0.25, 0.3) is 0 Å². The van der Waals surface area contributed by atoms with E-state index in [4.69, 9.17) is 0 Å². The molecule has 2 heteroatoms. The summed E-state index contributed by atoms with van der Waals surface area (Å²) in [7, 11) is 3.75. The van der Waals surface area contributed by atoms with E-state index in [-0.39, 0.29) is 0 Å². The molecular weight excluding hydrogens is 238 g/mol. The quantitative estimate of drug-likeness (QED) is 0.751. The van der Waals surface area contributed by atoms with Gasteiger partial charge in [-0.1, -0.05) is 28.1 Å². The van der Waals surface area contributed by atoms with Crippen LogP contribution in [0.4, 0.5) is 0 Å². The average molecular weight is 256 g/mol. The topological polar surface area (TPSA) is 12.0 Å². The van der Waals surface area contributed by atoms with Gasteiger partial charge in [0.25, 0.3) is 0 Å². The summed E-state index contributed by atoms with van der Waals surface area (Å²) in [6, 6.07) is 6.53. The van der Waals surface area contributed by atoms with Crippen LogP contribution in [0.3, 0.4) is 0 Å². The number of benzene rings is 1. The van der Waals surface area contributed by atoms with Gasteiger partial charge in [-0.05, 0) is 57.0 Å². The van der Waals surface area contributed by atoms with Crippen LogP contribution >= 0.6 is 15.9 Å². The second-order valence-electron chi connectivity index (χ2n) is 3.58. The summed E-state index contributed by atoms with van der Waals surface area (Å²) >= 11 is 3.58. The highest BCUT2D eigenvalue weighted by atomic mass is 79.9.